The fraction of sp³-hybridized carbons (Fsp3) is 0.500. The van der Waals surface area contributed by atoms with Crippen LogP contribution in [0, 0.1) is 5.92 Å². The lowest BCUT2D eigenvalue weighted by Gasteiger charge is -2.27. The van der Waals surface area contributed by atoms with Crippen molar-refractivity contribution in [3.63, 3.8) is 0 Å². The summed E-state index contributed by atoms with van der Waals surface area (Å²) in [5.41, 5.74) is 0.736. The van der Waals surface area contributed by atoms with E-state index in [-0.39, 0.29) is 42.5 Å². The monoisotopic (exact) mass is 371 g/mol. The van der Waals surface area contributed by atoms with E-state index in [1.54, 1.807) is 29.2 Å². The molecule has 0 bridgehead atoms. The van der Waals surface area contributed by atoms with Gasteiger partial charge in [-0.3, -0.25) is 24.1 Å². The molecule has 0 aromatic heterocycles. The van der Waals surface area contributed by atoms with Crippen LogP contribution >= 0.6 is 0 Å². The number of amides is 4. The van der Waals surface area contributed by atoms with Crippen LogP contribution in [0.25, 0.3) is 0 Å². The van der Waals surface area contributed by atoms with Gasteiger partial charge in [0.05, 0.1) is 11.1 Å². The highest BCUT2D eigenvalue weighted by molar-refractivity contribution is 6.21. The molecule has 7 nitrogen and oxygen atoms in total. The number of hydrogen-bond acceptors (Lipinski definition) is 4. The molecule has 7 heteroatoms. The highest BCUT2D eigenvalue weighted by Crippen LogP contribution is 2.22. The minimum atomic E-state index is -0.585. The lowest BCUT2D eigenvalue weighted by molar-refractivity contribution is -0.136. The number of carbonyl (C=O) groups excluding carboxylic acids is 4. The van der Waals surface area contributed by atoms with Gasteiger partial charge in [0.1, 0.15) is 6.04 Å². The Morgan fingerprint density at radius 2 is 1.59 bits per heavy atom. The van der Waals surface area contributed by atoms with E-state index in [2.05, 4.69) is 5.32 Å². The van der Waals surface area contributed by atoms with E-state index in [9.17, 15) is 19.2 Å². The number of fused-ring (bicyclic) bond motifs is 1. The molecule has 0 radical (unpaired) electrons. The predicted octanol–water partition coefficient (Wildman–Crippen LogP) is 1.44. The Balaban J connectivity index is 1.58. The molecule has 2 aliphatic heterocycles. The number of carbonyl (C=O) groups is 4. The average Bonchev–Trinajstić information content (AvgIpc) is 3.26. The lowest BCUT2D eigenvalue weighted by Crippen LogP contribution is -2.51. The van der Waals surface area contributed by atoms with Crippen LogP contribution in [0.1, 0.15) is 53.8 Å². The van der Waals surface area contributed by atoms with Gasteiger partial charge in [-0.15, -0.1) is 0 Å². The Bertz CT molecular complexity index is 733. The van der Waals surface area contributed by atoms with Crippen molar-refractivity contribution in [3.05, 3.63) is 35.4 Å². The third kappa shape index (κ3) is 3.86. The molecule has 2 aliphatic rings. The van der Waals surface area contributed by atoms with Crippen molar-refractivity contribution in [1.29, 1.82) is 0 Å². The summed E-state index contributed by atoms with van der Waals surface area (Å²) in [5, 5.41) is 2.79. The van der Waals surface area contributed by atoms with Crippen molar-refractivity contribution in [3.8, 4) is 0 Å². The molecular formula is C20H25N3O4. The molecule has 1 aromatic rings. The van der Waals surface area contributed by atoms with E-state index in [1.165, 1.54) is 0 Å². The maximum atomic E-state index is 12.6. The Kier molecular flexibility index (Phi) is 5.58. The second kappa shape index (κ2) is 7.90. The van der Waals surface area contributed by atoms with Crippen molar-refractivity contribution in [2.24, 2.45) is 5.92 Å². The van der Waals surface area contributed by atoms with Crippen LogP contribution in [-0.2, 0) is 9.59 Å². The molecule has 3 rings (SSSR count). The highest BCUT2D eigenvalue weighted by atomic mass is 16.2. The first kappa shape index (κ1) is 19.1. The first-order valence-corrected chi connectivity index (χ1v) is 9.43. The van der Waals surface area contributed by atoms with Gasteiger partial charge >= 0.3 is 0 Å². The predicted molar refractivity (Wildman–Crippen MR) is 99.0 cm³/mol. The Hall–Kier alpha value is -2.70. The maximum Gasteiger partial charge on any atom is 0.261 e. The summed E-state index contributed by atoms with van der Waals surface area (Å²) in [6, 6.07) is 6.05. The van der Waals surface area contributed by atoms with E-state index in [0.717, 1.165) is 30.8 Å². The Morgan fingerprint density at radius 1 is 1.04 bits per heavy atom. The van der Waals surface area contributed by atoms with Gasteiger partial charge in [-0.2, -0.15) is 0 Å². The molecule has 144 valence electrons. The number of nitrogens with zero attached hydrogens (tertiary/aromatic N) is 2. The molecule has 4 amide bonds. The van der Waals surface area contributed by atoms with E-state index >= 15 is 0 Å². The second-order valence-corrected chi connectivity index (χ2v) is 7.38. The smallest absolute Gasteiger partial charge is 0.261 e. The molecule has 0 saturated carbocycles. The van der Waals surface area contributed by atoms with Crippen molar-refractivity contribution in [1.82, 2.24) is 15.1 Å². The topological polar surface area (TPSA) is 86.8 Å². The van der Waals surface area contributed by atoms with Crippen LogP contribution in [0.2, 0.25) is 0 Å². The number of imide groups is 1. The maximum absolute atomic E-state index is 12.6. The fourth-order valence-corrected chi connectivity index (χ4v) is 3.55. The van der Waals surface area contributed by atoms with Crippen molar-refractivity contribution >= 4 is 23.6 Å². The van der Waals surface area contributed by atoms with Crippen LogP contribution in [0.4, 0.5) is 0 Å². The average molecular weight is 371 g/mol. The fourth-order valence-electron chi connectivity index (χ4n) is 3.55. The molecular weight excluding hydrogens is 346 g/mol. The first-order valence-electron chi connectivity index (χ1n) is 9.43. The molecule has 1 N–H and O–H groups in total. The van der Waals surface area contributed by atoms with E-state index in [4.69, 9.17) is 0 Å². The summed E-state index contributed by atoms with van der Waals surface area (Å²) < 4.78 is 0. The number of likely N-dealkylation sites (tertiary alicyclic amines) is 1. The van der Waals surface area contributed by atoms with E-state index < -0.39 is 6.04 Å². The third-order valence-electron chi connectivity index (χ3n) is 5.11. The zero-order valence-corrected chi connectivity index (χ0v) is 15.7. The molecule has 2 heterocycles. The van der Waals surface area contributed by atoms with Gasteiger partial charge < -0.3 is 10.2 Å². The minimum absolute atomic E-state index is 0.000893. The minimum Gasteiger partial charge on any atom is -0.344 e. The molecule has 0 aliphatic carbocycles. The summed E-state index contributed by atoms with van der Waals surface area (Å²) in [6.07, 6.45) is 1.95. The summed E-state index contributed by atoms with van der Waals surface area (Å²) in [5.74, 6) is -1.19. The molecule has 0 unspecified atom stereocenters. The van der Waals surface area contributed by atoms with Crippen LogP contribution in [0.3, 0.4) is 0 Å². The summed E-state index contributed by atoms with van der Waals surface area (Å²) in [4.78, 5) is 52.6. The van der Waals surface area contributed by atoms with Crippen LogP contribution in [0.15, 0.2) is 24.3 Å². The van der Waals surface area contributed by atoms with Gasteiger partial charge in [0.25, 0.3) is 11.8 Å². The van der Waals surface area contributed by atoms with Gasteiger partial charge in [-0.05, 0) is 30.9 Å². The summed E-state index contributed by atoms with van der Waals surface area (Å²) in [6.45, 7) is 5.24. The lowest BCUT2D eigenvalue weighted by atomic mass is 10.0. The number of hydrogen-bond donors (Lipinski definition) is 1. The van der Waals surface area contributed by atoms with E-state index in [0.29, 0.717) is 11.1 Å². The zero-order chi connectivity index (χ0) is 19.6. The molecule has 0 spiro atoms. The number of rotatable bonds is 6. The summed E-state index contributed by atoms with van der Waals surface area (Å²) >= 11 is 0. The molecule has 1 fully saturated rings. The van der Waals surface area contributed by atoms with Gasteiger partial charge in [0.15, 0.2) is 0 Å². The largest absolute Gasteiger partial charge is 0.344 e. The van der Waals surface area contributed by atoms with Crippen LogP contribution < -0.4 is 5.32 Å². The molecule has 1 aromatic carbocycles. The van der Waals surface area contributed by atoms with Crippen molar-refractivity contribution in [2.75, 3.05) is 19.6 Å². The van der Waals surface area contributed by atoms with Crippen LogP contribution in [0.5, 0.6) is 0 Å². The molecule has 1 saturated heterocycles. The number of benzene rings is 1. The van der Waals surface area contributed by atoms with Crippen molar-refractivity contribution < 1.29 is 19.2 Å². The standard InChI is InChI=1S/C20H25N3O4/c1-13(2)17(20(27)22-10-5-6-11-22)21-16(24)9-12-23-18(25)14-7-3-4-8-15(14)19(23)26/h3-4,7-8,13,17H,5-6,9-12H2,1-2H3,(H,21,24)/t17-/m0/s1. The molecule has 27 heavy (non-hydrogen) atoms. The second-order valence-electron chi connectivity index (χ2n) is 7.38. The van der Waals surface area contributed by atoms with Gasteiger partial charge in [-0.25, -0.2) is 0 Å². The normalized spacial score (nSPS) is 17.4. The first-order chi connectivity index (χ1) is 12.9. The Labute approximate surface area is 158 Å². The van der Waals surface area contributed by atoms with Crippen LogP contribution in [-0.4, -0.2) is 59.1 Å². The Morgan fingerprint density at radius 3 is 2.11 bits per heavy atom. The summed E-state index contributed by atoms with van der Waals surface area (Å²) in [7, 11) is 0. The SMILES string of the molecule is CC(C)[C@H](NC(=O)CCN1C(=O)c2ccccc2C1=O)C(=O)N1CCCC1. The van der Waals surface area contributed by atoms with Gasteiger partial charge in [0, 0.05) is 26.1 Å². The highest BCUT2D eigenvalue weighted by Gasteiger charge is 2.35. The third-order valence-corrected chi connectivity index (χ3v) is 5.11. The van der Waals surface area contributed by atoms with Crippen molar-refractivity contribution in [2.45, 2.75) is 39.2 Å². The quantitative estimate of drug-likeness (QED) is 0.767. The van der Waals surface area contributed by atoms with Gasteiger partial charge in [0.2, 0.25) is 11.8 Å². The zero-order valence-electron chi connectivity index (χ0n) is 15.7. The number of nitrogens with one attached hydrogen (secondary N) is 1. The van der Waals surface area contributed by atoms with E-state index in [1.807, 2.05) is 13.8 Å². The molecule has 1 atom stereocenters. The van der Waals surface area contributed by atoms with Gasteiger partial charge in [-0.1, -0.05) is 26.0 Å².